The van der Waals surface area contributed by atoms with Gasteiger partial charge in [-0.05, 0) is 29.7 Å². The zero-order chi connectivity index (χ0) is 14.2. The minimum atomic E-state index is 0.279. The van der Waals surface area contributed by atoms with Crippen LogP contribution in [0.4, 0.5) is 5.69 Å². The summed E-state index contributed by atoms with van der Waals surface area (Å²) in [6.45, 7) is 3.87. The maximum absolute atomic E-state index is 5.96. The predicted octanol–water partition coefficient (Wildman–Crippen LogP) is 3.99. The topological polar surface area (TPSA) is 38.0 Å². The van der Waals surface area contributed by atoms with Gasteiger partial charge in [-0.15, -0.1) is 0 Å². The third kappa shape index (κ3) is 3.84. The third-order valence-electron chi connectivity index (χ3n) is 3.61. The van der Waals surface area contributed by atoms with Crippen molar-refractivity contribution in [2.45, 2.75) is 25.7 Å². The Morgan fingerprint density at radius 2 is 1.60 bits per heavy atom. The van der Waals surface area contributed by atoms with Gasteiger partial charge in [0.2, 0.25) is 0 Å². The lowest BCUT2D eigenvalue weighted by Crippen LogP contribution is -2.13. The summed E-state index contributed by atoms with van der Waals surface area (Å²) in [5.41, 5.74) is 9.70. The van der Waals surface area contributed by atoms with E-state index in [2.05, 4.69) is 60.8 Å². The molecule has 3 N–H and O–H groups in total. The first-order valence-electron chi connectivity index (χ1n) is 7.44. The maximum atomic E-state index is 5.96. The monoisotopic (exact) mass is 268 g/mol. The Bertz CT molecular complexity index is 491. The van der Waals surface area contributed by atoms with Gasteiger partial charge in [0, 0.05) is 24.7 Å². The first-order chi connectivity index (χ1) is 9.85. The summed E-state index contributed by atoms with van der Waals surface area (Å²) in [6, 6.07) is 19.1. The fourth-order valence-corrected chi connectivity index (χ4v) is 2.39. The molecule has 2 aromatic rings. The van der Waals surface area contributed by atoms with Gasteiger partial charge in [0.15, 0.2) is 0 Å². The summed E-state index contributed by atoms with van der Waals surface area (Å²) >= 11 is 0. The van der Waals surface area contributed by atoms with Crippen molar-refractivity contribution in [2.24, 2.45) is 5.73 Å². The van der Waals surface area contributed by atoms with Crippen LogP contribution in [0.2, 0.25) is 0 Å². The number of nitrogens with one attached hydrogen (secondary N) is 1. The summed E-state index contributed by atoms with van der Waals surface area (Å²) in [7, 11) is 0. The van der Waals surface area contributed by atoms with Crippen LogP contribution in [0.15, 0.2) is 54.6 Å². The first kappa shape index (κ1) is 14.6. The Morgan fingerprint density at radius 3 is 2.20 bits per heavy atom. The highest BCUT2D eigenvalue weighted by Gasteiger charge is 2.11. The van der Waals surface area contributed by atoms with E-state index >= 15 is 0 Å². The Labute approximate surface area is 122 Å². The molecular weight excluding hydrogens is 244 g/mol. The molecule has 0 fully saturated rings. The molecule has 1 unspecified atom stereocenters. The number of hydrogen-bond donors (Lipinski definition) is 2. The average Bonchev–Trinajstić information content (AvgIpc) is 2.51. The van der Waals surface area contributed by atoms with Crippen LogP contribution in [-0.4, -0.2) is 13.1 Å². The molecular formula is C18H24N2. The Kier molecular flexibility index (Phi) is 5.63. The van der Waals surface area contributed by atoms with Crippen molar-refractivity contribution in [2.75, 3.05) is 18.4 Å². The van der Waals surface area contributed by atoms with Crippen LogP contribution in [0.25, 0.3) is 0 Å². The Morgan fingerprint density at radius 1 is 0.950 bits per heavy atom. The van der Waals surface area contributed by atoms with Crippen molar-refractivity contribution >= 4 is 5.69 Å². The second kappa shape index (κ2) is 7.71. The molecule has 0 heterocycles. The van der Waals surface area contributed by atoms with Gasteiger partial charge in [-0.1, -0.05) is 55.8 Å². The van der Waals surface area contributed by atoms with Gasteiger partial charge in [-0.2, -0.15) is 0 Å². The zero-order valence-corrected chi connectivity index (χ0v) is 12.2. The summed E-state index contributed by atoms with van der Waals surface area (Å²) in [6.07, 6.45) is 2.42. The maximum Gasteiger partial charge on any atom is 0.0340 e. The number of hydrogen-bond acceptors (Lipinski definition) is 2. The van der Waals surface area contributed by atoms with E-state index < -0.39 is 0 Å². The van der Waals surface area contributed by atoms with Gasteiger partial charge >= 0.3 is 0 Å². The van der Waals surface area contributed by atoms with E-state index in [4.69, 9.17) is 5.73 Å². The smallest absolute Gasteiger partial charge is 0.0340 e. The summed E-state index contributed by atoms with van der Waals surface area (Å²) in [4.78, 5) is 0. The highest BCUT2D eigenvalue weighted by molar-refractivity contribution is 5.46. The van der Waals surface area contributed by atoms with E-state index in [1.54, 1.807) is 0 Å². The van der Waals surface area contributed by atoms with E-state index in [9.17, 15) is 0 Å². The Balaban J connectivity index is 2.08. The van der Waals surface area contributed by atoms with E-state index in [1.165, 1.54) is 29.7 Å². The number of nitrogens with two attached hydrogens (primary N) is 1. The molecule has 20 heavy (non-hydrogen) atoms. The molecule has 0 aliphatic carbocycles. The van der Waals surface area contributed by atoms with Crippen molar-refractivity contribution in [3.05, 3.63) is 65.7 Å². The summed E-state index contributed by atoms with van der Waals surface area (Å²) in [5.74, 6) is 0.279. The van der Waals surface area contributed by atoms with Gasteiger partial charge < -0.3 is 11.1 Å². The number of rotatable bonds is 7. The Hall–Kier alpha value is -1.80. The molecule has 2 rings (SSSR count). The number of benzene rings is 2. The van der Waals surface area contributed by atoms with Crippen LogP contribution in [0.5, 0.6) is 0 Å². The van der Waals surface area contributed by atoms with Crippen LogP contribution in [0, 0.1) is 0 Å². The molecule has 0 saturated carbocycles. The van der Waals surface area contributed by atoms with Crippen LogP contribution >= 0.6 is 0 Å². The molecule has 0 amide bonds. The molecule has 0 aliphatic rings. The lowest BCUT2D eigenvalue weighted by atomic mass is 9.91. The van der Waals surface area contributed by atoms with Crippen molar-refractivity contribution in [3.63, 3.8) is 0 Å². The highest BCUT2D eigenvalue weighted by atomic mass is 14.9. The first-order valence-corrected chi connectivity index (χ1v) is 7.44. The van der Waals surface area contributed by atoms with Gasteiger partial charge in [-0.3, -0.25) is 0 Å². The molecule has 0 aromatic heterocycles. The normalized spacial score (nSPS) is 12.1. The van der Waals surface area contributed by atoms with E-state index in [-0.39, 0.29) is 5.92 Å². The SMILES string of the molecule is CCCCNc1ccc(C(CN)c2ccccc2)cc1. The minimum Gasteiger partial charge on any atom is -0.385 e. The van der Waals surface area contributed by atoms with Gasteiger partial charge in [0.25, 0.3) is 0 Å². The molecule has 0 bridgehead atoms. The van der Waals surface area contributed by atoms with Crippen LogP contribution < -0.4 is 11.1 Å². The number of anilines is 1. The molecule has 0 saturated heterocycles. The van der Waals surface area contributed by atoms with Gasteiger partial charge in [0.05, 0.1) is 0 Å². The van der Waals surface area contributed by atoms with E-state index in [1.807, 2.05) is 6.07 Å². The third-order valence-corrected chi connectivity index (χ3v) is 3.61. The fraction of sp³-hybridized carbons (Fsp3) is 0.333. The van der Waals surface area contributed by atoms with Crippen LogP contribution in [0.3, 0.4) is 0 Å². The number of unbranched alkanes of at least 4 members (excludes halogenated alkanes) is 1. The van der Waals surface area contributed by atoms with Gasteiger partial charge in [-0.25, -0.2) is 0 Å². The standard InChI is InChI=1S/C18H24N2/c1-2-3-13-20-17-11-9-16(10-12-17)18(14-19)15-7-5-4-6-8-15/h4-12,18,20H,2-3,13-14,19H2,1H3. The van der Waals surface area contributed by atoms with E-state index in [0.29, 0.717) is 6.54 Å². The molecule has 2 aromatic carbocycles. The fourth-order valence-electron chi connectivity index (χ4n) is 2.39. The second-order valence-electron chi connectivity index (χ2n) is 5.10. The molecule has 0 radical (unpaired) electrons. The van der Waals surface area contributed by atoms with Crippen LogP contribution in [-0.2, 0) is 0 Å². The zero-order valence-electron chi connectivity index (χ0n) is 12.2. The lowest BCUT2D eigenvalue weighted by molar-refractivity contribution is 0.818. The van der Waals surface area contributed by atoms with Crippen molar-refractivity contribution in [1.82, 2.24) is 0 Å². The highest BCUT2D eigenvalue weighted by Crippen LogP contribution is 2.24. The van der Waals surface area contributed by atoms with Crippen molar-refractivity contribution in [3.8, 4) is 0 Å². The molecule has 106 valence electrons. The molecule has 2 nitrogen and oxygen atoms in total. The molecule has 0 spiro atoms. The minimum absolute atomic E-state index is 0.279. The van der Waals surface area contributed by atoms with Crippen LogP contribution in [0.1, 0.15) is 36.8 Å². The summed E-state index contributed by atoms with van der Waals surface area (Å²) in [5, 5.41) is 3.44. The summed E-state index contributed by atoms with van der Waals surface area (Å²) < 4.78 is 0. The average molecular weight is 268 g/mol. The lowest BCUT2D eigenvalue weighted by Gasteiger charge is -2.16. The quantitative estimate of drug-likeness (QED) is 0.745. The molecule has 1 atom stereocenters. The molecule has 0 aliphatic heterocycles. The molecule has 2 heteroatoms. The second-order valence-corrected chi connectivity index (χ2v) is 5.10. The largest absolute Gasteiger partial charge is 0.385 e. The van der Waals surface area contributed by atoms with Crippen molar-refractivity contribution < 1.29 is 0 Å². The van der Waals surface area contributed by atoms with Gasteiger partial charge in [0.1, 0.15) is 0 Å². The van der Waals surface area contributed by atoms with Crippen molar-refractivity contribution in [1.29, 1.82) is 0 Å². The van der Waals surface area contributed by atoms with E-state index in [0.717, 1.165) is 6.54 Å². The predicted molar refractivity (Wildman–Crippen MR) is 87.2 cm³/mol.